The van der Waals surface area contributed by atoms with Gasteiger partial charge in [-0.1, -0.05) is 19.3 Å². The van der Waals surface area contributed by atoms with Gasteiger partial charge in [0.25, 0.3) is 0 Å². The summed E-state index contributed by atoms with van der Waals surface area (Å²) in [6.07, 6.45) is 5.46. The molecule has 18 heavy (non-hydrogen) atoms. The predicted molar refractivity (Wildman–Crippen MR) is 67.7 cm³/mol. The van der Waals surface area contributed by atoms with Crippen LogP contribution in [0.4, 0.5) is 0 Å². The molecule has 0 amide bonds. The lowest BCUT2D eigenvalue weighted by molar-refractivity contribution is -0.136. The van der Waals surface area contributed by atoms with Gasteiger partial charge in [-0.25, -0.2) is 12.7 Å². The topological polar surface area (TPSA) is 74.7 Å². The molecule has 1 aliphatic carbocycles. The average Bonchev–Trinajstić information content (AvgIpc) is 2.36. The SMILES string of the molecule is O=C(O)CCS(=O)(=O)N1CCC2CCCCC2C1. The lowest BCUT2D eigenvalue weighted by Gasteiger charge is -2.40. The first-order valence-corrected chi connectivity index (χ1v) is 8.29. The zero-order valence-corrected chi connectivity index (χ0v) is 11.4. The van der Waals surface area contributed by atoms with E-state index in [0.717, 1.165) is 12.8 Å². The van der Waals surface area contributed by atoms with E-state index in [2.05, 4.69) is 0 Å². The number of hydrogen-bond acceptors (Lipinski definition) is 3. The molecule has 2 atom stereocenters. The highest BCUT2D eigenvalue weighted by atomic mass is 32.2. The van der Waals surface area contributed by atoms with Crippen molar-refractivity contribution in [1.82, 2.24) is 4.31 Å². The van der Waals surface area contributed by atoms with Gasteiger partial charge in [-0.2, -0.15) is 0 Å². The highest BCUT2D eigenvalue weighted by Crippen LogP contribution is 2.36. The number of piperidine rings is 1. The lowest BCUT2D eigenvalue weighted by atomic mass is 9.76. The Morgan fingerprint density at radius 3 is 2.50 bits per heavy atom. The minimum Gasteiger partial charge on any atom is -0.481 e. The number of sulfonamides is 1. The fourth-order valence-electron chi connectivity index (χ4n) is 3.17. The van der Waals surface area contributed by atoms with Gasteiger partial charge < -0.3 is 5.11 Å². The number of carbonyl (C=O) groups is 1. The molecule has 2 unspecified atom stereocenters. The van der Waals surface area contributed by atoms with Crippen LogP contribution in [-0.2, 0) is 14.8 Å². The smallest absolute Gasteiger partial charge is 0.304 e. The van der Waals surface area contributed by atoms with Gasteiger partial charge in [0.1, 0.15) is 0 Å². The summed E-state index contributed by atoms with van der Waals surface area (Å²) < 4.78 is 25.6. The molecule has 0 aromatic rings. The van der Waals surface area contributed by atoms with Crippen LogP contribution < -0.4 is 0 Å². The molecule has 1 aliphatic heterocycles. The second-order valence-corrected chi connectivity index (χ2v) is 7.50. The highest BCUT2D eigenvalue weighted by molar-refractivity contribution is 7.89. The van der Waals surface area contributed by atoms with Crippen molar-refractivity contribution in [3.8, 4) is 0 Å². The Kier molecular flexibility index (Phi) is 4.27. The monoisotopic (exact) mass is 275 g/mol. The third-order valence-corrected chi connectivity index (χ3v) is 6.06. The van der Waals surface area contributed by atoms with Crippen molar-refractivity contribution in [2.75, 3.05) is 18.8 Å². The van der Waals surface area contributed by atoms with E-state index in [1.165, 1.54) is 23.6 Å². The number of nitrogens with zero attached hydrogens (tertiary/aromatic N) is 1. The van der Waals surface area contributed by atoms with Crippen LogP contribution in [0.3, 0.4) is 0 Å². The number of hydrogen-bond donors (Lipinski definition) is 1. The van der Waals surface area contributed by atoms with Crippen molar-refractivity contribution in [2.45, 2.75) is 38.5 Å². The molecular weight excluding hydrogens is 254 g/mol. The van der Waals surface area contributed by atoms with Crippen molar-refractivity contribution >= 4 is 16.0 Å². The molecule has 0 bridgehead atoms. The molecule has 0 aromatic heterocycles. The maximum Gasteiger partial charge on any atom is 0.304 e. The molecule has 6 heteroatoms. The molecule has 1 heterocycles. The van der Waals surface area contributed by atoms with Crippen LogP contribution in [-0.4, -0.2) is 42.6 Å². The molecule has 1 saturated heterocycles. The molecule has 2 fully saturated rings. The molecule has 104 valence electrons. The number of rotatable bonds is 4. The van der Waals surface area contributed by atoms with Gasteiger partial charge in [0.05, 0.1) is 12.2 Å². The Morgan fingerprint density at radius 1 is 1.17 bits per heavy atom. The molecular formula is C12H21NO4S. The van der Waals surface area contributed by atoms with Gasteiger partial charge in [-0.3, -0.25) is 4.79 Å². The van der Waals surface area contributed by atoms with Crippen LogP contribution in [0.2, 0.25) is 0 Å². The summed E-state index contributed by atoms with van der Waals surface area (Å²) in [5.41, 5.74) is 0. The first-order chi connectivity index (χ1) is 8.49. The highest BCUT2D eigenvalue weighted by Gasteiger charge is 2.35. The minimum atomic E-state index is -3.38. The number of fused-ring (bicyclic) bond motifs is 1. The number of carboxylic acids is 1. The first kappa shape index (κ1) is 13.8. The average molecular weight is 275 g/mol. The van der Waals surface area contributed by atoms with E-state index < -0.39 is 16.0 Å². The molecule has 0 radical (unpaired) electrons. The molecule has 0 spiro atoms. The van der Waals surface area contributed by atoms with Gasteiger partial charge >= 0.3 is 5.97 Å². The third-order valence-electron chi connectivity index (χ3n) is 4.22. The van der Waals surface area contributed by atoms with E-state index in [1.807, 2.05) is 0 Å². The summed E-state index contributed by atoms with van der Waals surface area (Å²) in [6, 6.07) is 0. The second kappa shape index (κ2) is 5.57. The van der Waals surface area contributed by atoms with Crippen molar-refractivity contribution in [1.29, 1.82) is 0 Å². The van der Waals surface area contributed by atoms with Crippen LogP contribution in [0.25, 0.3) is 0 Å². The van der Waals surface area contributed by atoms with E-state index in [4.69, 9.17) is 5.11 Å². The molecule has 1 N–H and O–H groups in total. The van der Waals surface area contributed by atoms with Crippen LogP contribution in [0.5, 0.6) is 0 Å². The summed E-state index contributed by atoms with van der Waals surface area (Å²) in [7, 11) is -3.38. The van der Waals surface area contributed by atoms with Crippen molar-refractivity contribution in [3.63, 3.8) is 0 Å². The Labute approximate surface area is 108 Å². The zero-order chi connectivity index (χ0) is 13.2. The lowest BCUT2D eigenvalue weighted by Crippen LogP contribution is -2.45. The van der Waals surface area contributed by atoms with Crippen molar-refractivity contribution in [3.05, 3.63) is 0 Å². The largest absolute Gasteiger partial charge is 0.481 e. The molecule has 0 aromatic carbocycles. The maximum atomic E-state index is 12.0. The summed E-state index contributed by atoms with van der Waals surface area (Å²) in [5.74, 6) is -0.136. The predicted octanol–water partition coefficient (Wildman–Crippen LogP) is 1.30. The fraction of sp³-hybridized carbons (Fsp3) is 0.917. The van der Waals surface area contributed by atoms with Crippen LogP contribution in [0.1, 0.15) is 38.5 Å². The zero-order valence-electron chi connectivity index (χ0n) is 10.5. The van der Waals surface area contributed by atoms with Gasteiger partial charge in [0.2, 0.25) is 10.0 Å². The Morgan fingerprint density at radius 2 is 1.83 bits per heavy atom. The number of carboxylic acid groups (broad SMARTS) is 1. The van der Waals surface area contributed by atoms with E-state index in [0.29, 0.717) is 24.9 Å². The Balaban J connectivity index is 1.95. The van der Waals surface area contributed by atoms with Crippen molar-refractivity contribution in [2.24, 2.45) is 11.8 Å². The van der Waals surface area contributed by atoms with E-state index in [1.54, 1.807) is 0 Å². The Bertz CT molecular complexity index is 406. The van der Waals surface area contributed by atoms with Gasteiger partial charge in [0, 0.05) is 13.1 Å². The quantitative estimate of drug-likeness (QED) is 0.839. The van der Waals surface area contributed by atoms with Gasteiger partial charge in [-0.15, -0.1) is 0 Å². The molecule has 2 aliphatic rings. The second-order valence-electron chi connectivity index (χ2n) is 5.41. The van der Waals surface area contributed by atoms with Crippen LogP contribution >= 0.6 is 0 Å². The summed E-state index contributed by atoms with van der Waals surface area (Å²) >= 11 is 0. The standard InChI is InChI=1S/C12H21NO4S/c14-12(15)6-8-18(16,17)13-7-5-10-3-1-2-4-11(10)9-13/h10-11H,1-9H2,(H,14,15). The van der Waals surface area contributed by atoms with E-state index >= 15 is 0 Å². The molecule has 2 rings (SSSR count). The number of aliphatic carboxylic acids is 1. The van der Waals surface area contributed by atoms with E-state index in [9.17, 15) is 13.2 Å². The van der Waals surface area contributed by atoms with Crippen LogP contribution in [0, 0.1) is 11.8 Å². The van der Waals surface area contributed by atoms with Gasteiger partial charge in [0.15, 0.2) is 0 Å². The molecule has 1 saturated carbocycles. The van der Waals surface area contributed by atoms with Gasteiger partial charge in [-0.05, 0) is 24.7 Å². The summed E-state index contributed by atoms with van der Waals surface area (Å²) in [5, 5.41) is 8.58. The van der Waals surface area contributed by atoms with E-state index in [-0.39, 0.29) is 12.2 Å². The Hall–Kier alpha value is -0.620. The minimum absolute atomic E-state index is 0.264. The third kappa shape index (κ3) is 3.23. The molecule has 5 nitrogen and oxygen atoms in total. The summed E-state index contributed by atoms with van der Waals surface area (Å²) in [4.78, 5) is 10.5. The van der Waals surface area contributed by atoms with Crippen molar-refractivity contribution < 1.29 is 18.3 Å². The fourth-order valence-corrected chi connectivity index (χ4v) is 4.66. The summed E-state index contributed by atoms with van der Waals surface area (Å²) in [6.45, 7) is 1.18. The normalized spacial score (nSPS) is 29.8. The maximum absolute atomic E-state index is 12.0. The van der Waals surface area contributed by atoms with Crippen LogP contribution in [0.15, 0.2) is 0 Å². The first-order valence-electron chi connectivity index (χ1n) is 6.68.